The number of carbonyl (C=O) groups is 6. The van der Waals surface area contributed by atoms with Crippen molar-refractivity contribution in [2.75, 3.05) is 12.0 Å². The standard InChI is InChI=1S/C19H33N5O9S/c1-9(25)15(21)18(31)23-11(4-6-14(27)28)16(29)22-10(3-5-13(20)26)17(30)24-12(19(32)33)7-8-34-2/h9-12,15,25H,3-8,21H2,1-2H3,(H2,20,26)(H,22,29)(H,23,31)(H,24,30)(H,27,28)(H,32,33). The first-order chi connectivity index (χ1) is 15.8. The smallest absolute Gasteiger partial charge is 0.326 e. The van der Waals surface area contributed by atoms with Gasteiger partial charge < -0.3 is 42.7 Å². The number of aliphatic carboxylic acids is 2. The molecule has 34 heavy (non-hydrogen) atoms. The molecule has 0 aliphatic carbocycles. The molecule has 10 N–H and O–H groups in total. The molecule has 0 aromatic carbocycles. The van der Waals surface area contributed by atoms with Crippen LogP contribution in [0.3, 0.4) is 0 Å². The van der Waals surface area contributed by atoms with Crippen LogP contribution in [0.15, 0.2) is 0 Å². The second kappa shape index (κ2) is 15.8. The minimum atomic E-state index is -1.44. The maximum Gasteiger partial charge on any atom is 0.326 e. The molecule has 0 aromatic heterocycles. The van der Waals surface area contributed by atoms with Gasteiger partial charge in [-0.25, -0.2) is 4.79 Å². The number of rotatable bonds is 17. The molecule has 194 valence electrons. The number of hydrogen-bond donors (Lipinski definition) is 8. The van der Waals surface area contributed by atoms with E-state index in [4.69, 9.17) is 16.6 Å². The Morgan fingerprint density at radius 1 is 0.824 bits per heavy atom. The summed E-state index contributed by atoms with van der Waals surface area (Å²) in [4.78, 5) is 71.2. The molecule has 0 aliphatic rings. The molecule has 0 spiro atoms. The van der Waals surface area contributed by atoms with E-state index in [1.54, 1.807) is 6.26 Å². The fourth-order valence-corrected chi connectivity index (χ4v) is 3.09. The van der Waals surface area contributed by atoms with Crippen molar-refractivity contribution >= 4 is 47.3 Å². The van der Waals surface area contributed by atoms with Crippen molar-refractivity contribution in [3.8, 4) is 0 Å². The van der Waals surface area contributed by atoms with Gasteiger partial charge in [0, 0.05) is 12.8 Å². The van der Waals surface area contributed by atoms with Gasteiger partial charge in [-0.15, -0.1) is 0 Å². The molecule has 0 heterocycles. The van der Waals surface area contributed by atoms with Crippen LogP contribution in [0.4, 0.5) is 0 Å². The van der Waals surface area contributed by atoms with Gasteiger partial charge in [0.2, 0.25) is 23.6 Å². The second-order valence-corrected chi connectivity index (χ2v) is 8.49. The number of thioether (sulfide) groups is 1. The fourth-order valence-electron chi connectivity index (χ4n) is 2.62. The van der Waals surface area contributed by atoms with Crippen LogP contribution in [0.2, 0.25) is 0 Å². The molecule has 0 aromatic rings. The monoisotopic (exact) mass is 507 g/mol. The summed E-state index contributed by atoms with van der Waals surface area (Å²) in [6.45, 7) is 1.25. The molecule has 14 nitrogen and oxygen atoms in total. The van der Waals surface area contributed by atoms with Crippen molar-refractivity contribution in [1.82, 2.24) is 16.0 Å². The van der Waals surface area contributed by atoms with Crippen LogP contribution in [0.1, 0.15) is 39.0 Å². The molecular weight excluding hydrogens is 474 g/mol. The van der Waals surface area contributed by atoms with Gasteiger partial charge in [-0.1, -0.05) is 0 Å². The van der Waals surface area contributed by atoms with Crippen LogP contribution in [-0.2, 0) is 28.8 Å². The lowest BCUT2D eigenvalue weighted by atomic mass is 10.1. The Morgan fingerprint density at radius 2 is 1.29 bits per heavy atom. The van der Waals surface area contributed by atoms with E-state index < -0.39 is 72.3 Å². The van der Waals surface area contributed by atoms with Crippen molar-refractivity contribution < 1.29 is 44.1 Å². The Bertz CT molecular complexity index is 750. The number of hydrogen-bond acceptors (Lipinski definition) is 9. The van der Waals surface area contributed by atoms with Crippen LogP contribution < -0.4 is 27.4 Å². The van der Waals surface area contributed by atoms with Crippen molar-refractivity contribution in [2.45, 2.75) is 69.3 Å². The van der Waals surface area contributed by atoms with Gasteiger partial charge in [0.15, 0.2) is 0 Å². The predicted molar refractivity (Wildman–Crippen MR) is 121 cm³/mol. The number of aliphatic hydroxyl groups excluding tert-OH is 1. The summed E-state index contributed by atoms with van der Waals surface area (Å²) in [5.74, 6) is -5.68. The van der Waals surface area contributed by atoms with E-state index in [0.717, 1.165) is 0 Å². The fraction of sp³-hybridized carbons (Fsp3) is 0.684. The van der Waals surface area contributed by atoms with E-state index in [1.807, 2.05) is 0 Å². The average molecular weight is 508 g/mol. The van der Waals surface area contributed by atoms with Crippen molar-refractivity contribution in [3.63, 3.8) is 0 Å². The van der Waals surface area contributed by atoms with Crippen LogP contribution in [0.25, 0.3) is 0 Å². The minimum absolute atomic E-state index is 0.104. The number of primary amides is 1. The summed E-state index contributed by atoms with van der Waals surface area (Å²) < 4.78 is 0. The predicted octanol–water partition coefficient (Wildman–Crippen LogP) is -2.88. The molecule has 4 amide bonds. The summed E-state index contributed by atoms with van der Waals surface area (Å²) in [7, 11) is 0. The van der Waals surface area contributed by atoms with E-state index in [9.17, 15) is 39.0 Å². The normalized spacial score (nSPS) is 15.2. The topological polar surface area (TPSA) is 251 Å². The van der Waals surface area contributed by atoms with Crippen LogP contribution in [0, 0.1) is 0 Å². The van der Waals surface area contributed by atoms with Crippen molar-refractivity contribution in [3.05, 3.63) is 0 Å². The number of carboxylic acid groups (broad SMARTS) is 2. The highest BCUT2D eigenvalue weighted by Crippen LogP contribution is 2.06. The summed E-state index contributed by atoms with van der Waals surface area (Å²) in [5.41, 5.74) is 10.7. The number of carbonyl (C=O) groups excluding carboxylic acids is 4. The van der Waals surface area contributed by atoms with Crippen molar-refractivity contribution in [1.29, 1.82) is 0 Å². The lowest BCUT2D eigenvalue weighted by molar-refractivity contribution is -0.142. The number of carboxylic acids is 2. The zero-order chi connectivity index (χ0) is 26.4. The molecule has 0 rings (SSSR count). The molecule has 0 radical (unpaired) electrons. The van der Waals surface area contributed by atoms with Gasteiger partial charge in [0.25, 0.3) is 0 Å². The minimum Gasteiger partial charge on any atom is -0.481 e. The first-order valence-corrected chi connectivity index (χ1v) is 11.8. The van der Waals surface area contributed by atoms with Gasteiger partial charge in [0.05, 0.1) is 6.10 Å². The summed E-state index contributed by atoms with van der Waals surface area (Å²) in [5, 5.41) is 34.5. The highest BCUT2D eigenvalue weighted by atomic mass is 32.2. The zero-order valence-electron chi connectivity index (χ0n) is 19.0. The van der Waals surface area contributed by atoms with E-state index in [0.29, 0.717) is 5.75 Å². The molecule has 0 aliphatic heterocycles. The van der Waals surface area contributed by atoms with Gasteiger partial charge in [-0.05, 0) is 38.2 Å². The highest BCUT2D eigenvalue weighted by Gasteiger charge is 2.31. The summed E-state index contributed by atoms with van der Waals surface area (Å²) in [6.07, 6.45) is -0.870. The molecule has 5 unspecified atom stereocenters. The van der Waals surface area contributed by atoms with Crippen LogP contribution in [0.5, 0.6) is 0 Å². The number of nitrogens with one attached hydrogen (secondary N) is 3. The number of nitrogens with two attached hydrogens (primary N) is 2. The Kier molecular flexibility index (Phi) is 14.5. The highest BCUT2D eigenvalue weighted by molar-refractivity contribution is 7.98. The number of aliphatic hydroxyl groups is 1. The van der Waals surface area contributed by atoms with E-state index in [-0.39, 0.29) is 25.7 Å². The third-order valence-electron chi connectivity index (χ3n) is 4.64. The van der Waals surface area contributed by atoms with E-state index in [2.05, 4.69) is 16.0 Å². The third kappa shape index (κ3) is 12.4. The lowest BCUT2D eigenvalue weighted by Gasteiger charge is -2.25. The number of amides is 4. The quantitative estimate of drug-likeness (QED) is 0.0992. The van der Waals surface area contributed by atoms with Crippen LogP contribution in [-0.4, -0.2) is 93.2 Å². The van der Waals surface area contributed by atoms with Gasteiger partial charge in [-0.3, -0.25) is 24.0 Å². The molecule has 0 saturated carbocycles. The Balaban J connectivity index is 5.60. The molecule has 0 bridgehead atoms. The maximum atomic E-state index is 12.8. The van der Waals surface area contributed by atoms with Gasteiger partial charge in [-0.2, -0.15) is 11.8 Å². The maximum absolute atomic E-state index is 12.8. The largest absolute Gasteiger partial charge is 0.481 e. The van der Waals surface area contributed by atoms with Gasteiger partial charge in [0.1, 0.15) is 24.2 Å². The SMILES string of the molecule is CSCCC(NC(=O)C(CCC(N)=O)NC(=O)C(CCC(=O)O)NC(=O)C(N)C(C)O)C(=O)O. The van der Waals surface area contributed by atoms with Gasteiger partial charge >= 0.3 is 11.9 Å². The Hall–Kier alpha value is -2.91. The molecule has 15 heteroatoms. The molecule has 0 saturated heterocycles. The Morgan fingerprint density at radius 3 is 1.71 bits per heavy atom. The third-order valence-corrected chi connectivity index (χ3v) is 5.28. The lowest BCUT2D eigenvalue weighted by Crippen LogP contribution is -2.58. The van der Waals surface area contributed by atoms with E-state index >= 15 is 0 Å². The zero-order valence-corrected chi connectivity index (χ0v) is 19.8. The molecular formula is C19H33N5O9S. The second-order valence-electron chi connectivity index (χ2n) is 7.51. The van der Waals surface area contributed by atoms with Crippen molar-refractivity contribution in [2.24, 2.45) is 11.5 Å². The first kappa shape index (κ1) is 31.1. The average Bonchev–Trinajstić information content (AvgIpc) is 2.74. The van der Waals surface area contributed by atoms with E-state index in [1.165, 1.54) is 18.7 Å². The van der Waals surface area contributed by atoms with Crippen LogP contribution >= 0.6 is 11.8 Å². The molecule has 5 atom stereocenters. The Labute approximate surface area is 200 Å². The summed E-state index contributed by atoms with van der Waals surface area (Å²) in [6, 6.07) is -5.49. The summed E-state index contributed by atoms with van der Waals surface area (Å²) >= 11 is 1.37. The first-order valence-electron chi connectivity index (χ1n) is 10.4. The molecule has 0 fully saturated rings.